The maximum Gasteiger partial charge on any atom is 0.119 e. The molecular formula is C20H29NO3. The second-order valence-electron chi connectivity index (χ2n) is 6.63. The van der Waals surface area contributed by atoms with Gasteiger partial charge in [0.25, 0.3) is 0 Å². The maximum atomic E-state index is 10.1. The minimum Gasteiger partial charge on any atom is -0.497 e. The lowest BCUT2D eigenvalue weighted by molar-refractivity contribution is -0.0596. The van der Waals surface area contributed by atoms with Gasteiger partial charge in [-0.1, -0.05) is 36.4 Å². The van der Waals surface area contributed by atoms with Gasteiger partial charge in [0, 0.05) is 6.54 Å². The molecule has 1 aliphatic carbocycles. The predicted molar refractivity (Wildman–Crippen MR) is 97.5 cm³/mol. The Hall–Kier alpha value is -1.62. The molecule has 1 N–H and O–H groups in total. The van der Waals surface area contributed by atoms with Crippen molar-refractivity contribution in [3.05, 3.63) is 54.1 Å². The lowest BCUT2D eigenvalue weighted by atomic mass is 9.88. The molecule has 4 nitrogen and oxygen atoms in total. The van der Waals surface area contributed by atoms with Gasteiger partial charge in [0.05, 0.1) is 25.4 Å². The SMILES string of the molecule is COc1cccc(CC[C@]2(OC[C@H](O)CN(C)C)C=CC=CC2)c1. The summed E-state index contributed by atoms with van der Waals surface area (Å²) < 4.78 is 11.5. The van der Waals surface area contributed by atoms with Gasteiger partial charge in [0.2, 0.25) is 0 Å². The molecule has 0 unspecified atom stereocenters. The van der Waals surface area contributed by atoms with Gasteiger partial charge in [0.1, 0.15) is 5.75 Å². The van der Waals surface area contributed by atoms with Crippen LogP contribution in [0.3, 0.4) is 0 Å². The normalized spacial score (nSPS) is 21.2. The molecule has 0 saturated carbocycles. The topological polar surface area (TPSA) is 41.9 Å². The molecule has 0 aliphatic heterocycles. The van der Waals surface area contributed by atoms with Gasteiger partial charge >= 0.3 is 0 Å². The van der Waals surface area contributed by atoms with E-state index in [0.717, 1.165) is 25.0 Å². The third-order valence-corrected chi connectivity index (χ3v) is 4.22. The van der Waals surface area contributed by atoms with Gasteiger partial charge < -0.3 is 19.5 Å². The second-order valence-corrected chi connectivity index (χ2v) is 6.63. The molecule has 132 valence electrons. The summed E-state index contributed by atoms with van der Waals surface area (Å²) in [5.74, 6) is 0.878. The van der Waals surface area contributed by atoms with Gasteiger partial charge in [-0.2, -0.15) is 0 Å². The maximum absolute atomic E-state index is 10.1. The van der Waals surface area contributed by atoms with Crippen LogP contribution in [0.4, 0.5) is 0 Å². The van der Waals surface area contributed by atoms with Gasteiger partial charge in [-0.25, -0.2) is 0 Å². The third-order valence-electron chi connectivity index (χ3n) is 4.22. The number of rotatable bonds is 9. The number of aliphatic hydroxyl groups excluding tert-OH is 1. The van der Waals surface area contributed by atoms with Crippen LogP contribution in [-0.2, 0) is 11.2 Å². The molecule has 1 aromatic carbocycles. The van der Waals surface area contributed by atoms with E-state index in [9.17, 15) is 5.11 Å². The molecule has 0 radical (unpaired) electrons. The van der Waals surface area contributed by atoms with E-state index in [0.29, 0.717) is 13.2 Å². The van der Waals surface area contributed by atoms with Crippen LogP contribution in [0.1, 0.15) is 18.4 Å². The van der Waals surface area contributed by atoms with E-state index < -0.39 is 6.10 Å². The Bertz CT molecular complexity index is 568. The zero-order valence-electron chi connectivity index (χ0n) is 14.9. The summed E-state index contributed by atoms with van der Waals surface area (Å²) in [5.41, 5.74) is 0.889. The zero-order valence-corrected chi connectivity index (χ0v) is 14.9. The Morgan fingerprint density at radius 3 is 2.79 bits per heavy atom. The van der Waals surface area contributed by atoms with Crippen molar-refractivity contribution in [3.8, 4) is 5.75 Å². The highest BCUT2D eigenvalue weighted by Crippen LogP contribution is 2.29. The van der Waals surface area contributed by atoms with Gasteiger partial charge in [-0.05, 0) is 51.1 Å². The molecule has 0 amide bonds. The summed E-state index contributed by atoms with van der Waals surface area (Å²) in [7, 11) is 5.58. The highest BCUT2D eigenvalue weighted by Gasteiger charge is 2.28. The number of methoxy groups -OCH3 is 1. The summed E-state index contributed by atoms with van der Waals surface area (Å²) in [6.45, 7) is 0.944. The van der Waals surface area contributed by atoms with E-state index in [1.54, 1.807) is 7.11 Å². The van der Waals surface area contributed by atoms with E-state index in [4.69, 9.17) is 9.47 Å². The standard InChI is InChI=1S/C20H29NO3/c1-21(2)15-18(22)16-24-20(11-5-4-6-12-20)13-10-17-8-7-9-19(14-17)23-3/h4-9,11,14,18,22H,10,12-13,15-16H2,1-3H3/t18-,20+/m1/s1. The van der Waals surface area contributed by atoms with Crippen LogP contribution in [0.15, 0.2) is 48.6 Å². The van der Waals surface area contributed by atoms with Crippen molar-refractivity contribution < 1.29 is 14.6 Å². The minimum atomic E-state index is -0.479. The van der Waals surface area contributed by atoms with Gasteiger partial charge in [-0.15, -0.1) is 0 Å². The number of aryl methyl sites for hydroxylation is 1. The summed E-state index contributed by atoms with van der Waals surface area (Å²) in [5, 5.41) is 10.1. The average Bonchev–Trinajstić information content (AvgIpc) is 2.59. The number of hydrogen-bond donors (Lipinski definition) is 1. The van der Waals surface area contributed by atoms with Crippen LogP contribution in [0.5, 0.6) is 5.75 Å². The highest BCUT2D eigenvalue weighted by molar-refractivity contribution is 5.29. The molecular weight excluding hydrogens is 302 g/mol. The molecule has 2 atom stereocenters. The average molecular weight is 331 g/mol. The first-order valence-corrected chi connectivity index (χ1v) is 8.47. The van der Waals surface area contributed by atoms with E-state index in [1.807, 2.05) is 43.3 Å². The van der Waals surface area contributed by atoms with Crippen LogP contribution in [0.2, 0.25) is 0 Å². The molecule has 4 heteroatoms. The summed E-state index contributed by atoms with van der Waals surface area (Å²) in [4.78, 5) is 1.97. The summed E-state index contributed by atoms with van der Waals surface area (Å²) in [6, 6.07) is 8.15. The van der Waals surface area contributed by atoms with E-state index in [2.05, 4.69) is 24.3 Å². The van der Waals surface area contributed by atoms with Crippen molar-refractivity contribution in [3.63, 3.8) is 0 Å². The van der Waals surface area contributed by atoms with Crippen molar-refractivity contribution in [2.24, 2.45) is 0 Å². The molecule has 0 bridgehead atoms. The minimum absolute atomic E-state index is 0.342. The second kappa shape index (κ2) is 9.02. The van der Waals surface area contributed by atoms with Crippen LogP contribution in [0, 0.1) is 0 Å². The first kappa shape index (κ1) is 18.7. The lowest BCUT2D eigenvalue weighted by Gasteiger charge is -2.33. The fourth-order valence-corrected chi connectivity index (χ4v) is 2.93. The van der Waals surface area contributed by atoms with Crippen molar-refractivity contribution in [2.45, 2.75) is 31.0 Å². The first-order chi connectivity index (χ1) is 11.5. The highest BCUT2D eigenvalue weighted by atomic mass is 16.5. The Kier molecular flexibility index (Phi) is 7.03. The number of likely N-dealkylation sites (N-methyl/N-ethyl adjacent to an activating group) is 1. The fourth-order valence-electron chi connectivity index (χ4n) is 2.93. The van der Waals surface area contributed by atoms with E-state index in [-0.39, 0.29) is 5.60 Å². The van der Waals surface area contributed by atoms with Crippen LogP contribution < -0.4 is 4.74 Å². The Morgan fingerprint density at radius 1 is 1.29 bits per heavy atom. The molecule has 0 saturated heterocycles. The number of allylic oxidation sites excluding steroid dienone is 2. The molecule has 0 spiro atoms. The molecule has 0 fully saturated rings. The molecule has 24 heavy (non-hydrogen) atoms. The Labute approximate surface area is 145 Å². The van der Waals surface area contributed by atoms with Crippen molar-refractivity contribution >= 4 is 0 Å². The number of hydrogen-bond acceptors (Lipinski definition) is 4. The van der Waals surface area contributed by atoms with Crippen molar-refractivity contribution in [1.82, 2.24) is 4.90 Å². The third kappa shape index (κ3) is 5.78. The molecule has 2 rings (SSSR count). The smallest absolute Gasteiger partial charge is 0.119 e. The van der Waals surface area contributed by atoms with Gasteiger partial charge in [0.15, 0.2) is 0 Å². The zero-order chi connectivity index (χ0) is 17.4. The number of aliphatic hydroxyl groups is 1. The fraction of sp³-hybridized carbons (Fsp3) is 0.500. The van der Waals surface area contributed by atoms with E-state index in [1.165, 1.54) is 5.56 Å². The molecule has 1 aliphatic rings. The monoisotopic (exact) mass is 331 g/mol. The van der Waals surface area contributed by atoms with Crippen LogP contribution >= 0.6 is 0 Å². The Morgan fingerprint density at radius 2 is 2.12 bits per heavy atom. The number of ether oxygens (including phenoxy) is 2. The van der Waals surface area contributed by atoms with E-state index >= 15 is 0 Å². The lowest BCUT2D eigenvalue weighted by Crippen LogP contribution is -2.37. The van der Waals surface area contributed by atoms with Gasteiger partial charge in [-0.3, -0.25) is 0 Å². The van der Waals surface area contributed by atoms with Crippen LogP contribution in [0.25, 0.3) is 0 Å². The molecule has 0 aromatic heterocycles. The predicted octanol–water partition coefficient (Wildman–Crippen LogP) is 2.82. The summed E-state index contributed by atoms with van der Waals surface area (Å²) >= 11 is 0. The number of benzene rings is 1. The largest absolute Gasteiger partial charge is 0.497 e. The number of nitrogens with zero attached hydrogens (tertiary/aromatic N) is 1. The molecule has 0 heterocycles. The molecule has 1 aromatic rings. The first-order valence-electron chi connectivity index (χ1n) is 8.47. The van der Waals surface area contributed by atoms with Crippen molar-refractivity contribution in [2.75, 3.05) is 34.4 Å². The summed E-state index contributed by atoms with van der Waals surface area (Å²) in [6.07, 6.45) is 10.5. The van der Waals surface area contributed by atoms with Crippen molar-refractivity contribution in [1.29, 1.82) is 0 Å². The van der Waals surface area contributed by atoms with Crippen LogP contribution in [-0.4, -0.2) is 56.1 Å². The quantitative estimate of drug-likeness (QED) is 0.755. The Balaban J connectivity index is 1.97.